The van der Waals surface area contributed by atoms with Crippen molar-refractivity contribution in [1.29, 1.82) is 0 Å². The highest BCUT2D eigenvalue weighted by Gasteiger charge is 2.35. The molecule has 0 saturated carbocycles. The standard InChI is InChI=1S/C42H58N2O10/c1-42(2,3)54-41(48)43-36(27-30-10-6-5-7-11-30)37(45)29-33(40(47)44-39-35-13-9-8-12-32(35)28-38(39)46)26-31-14-16-34(17-15-31)53-25-24-52-23-22-51-21-20-50-19-18-49-4/h5-17,33,36-39,45-46H,18-29H2,1-4H3,(H,43,48)(H,44,47). The Morgan fingerprint density at radius 1 is 0.778 bits per heavy atom. The molecular weight excluding hydrogens is 692 g/mol. The molecule has 0 aliphatic heterocycles. The summed E-state index contributed by atoms with van der Waals surface area (Å²) in [4.78, 5) is 27.0. The molecule has 0 bridgehead atoms. The Balaban J connectivity index is 1.38. The van der Waals surface area contributed by atoms with Crippen LogP contribution in [0.25, 0.3) is 0 Å². The Morgan fingerprint density at radius 2 is 1.37 bits per heavy atom. The summed E-state index contributed by atoms with van der Waals surface area (Å²) >= 11 is 0. The topological polar surface area (TPSA) is 154 Å². The van der Waals surface area contributed by atoms with Gasteiger partial charge in [0.1, 0.15) is 18.0 Å². The van der Waals surface area contributed by atoms with Crippen LogP contribution in [0.3, 0.4) is 0 Å². The highest BCUT2D eigenvalue weighted by atomic mass is 16.6. The van der Waals surface area contributed by atoms with E-state index in [2.05, 4.69) is 10.6 Å². The molecule has 0 heterocycles. The van der Waals surface area contributed by atoms with Crippen LogP contribution in [0.1, 0.15) is 55.5 Å². The first-order chi connectivity index (χ1) is 26.0. The van der Waals surface area contributed by atoms with Gasteiger partial charge in [-0.3, -0.25) is 4.79 Å². The number of carbonyl (C=O) groups is 2. The fourth-order valence-electron chi connectivity index (χ4n) is 6.28. The molecule has 0 aromatic heterocycles. The van der Waals surface area contributed by atoms with E-state index in [-0.39, 0.29) is 12.3 Å². The van der Waals surface area contributed by atoms with Crippen molar-refractivity contribution in [2.75, 3.05) is 60.0 Å². The molecule has 54 heavy (non-hydrogen) atoms. The first-order valence-corrected chi connectivity index (χ1v) is 18.7. The molecule has 0 saturated heterocycles. The van der Waals surface area contributed by atoms with Gasteiger partial charge in [0.05, 0.1) is 70.5 Å². The smallest absolute Gasteiger partial charge is 0.407 e. The molecule has 1 aliphatic carbocycles. The predicted molar refractivity (Wildman–Crippen MR) is 204 cm³/mol. The van der Waals surface area contributed by atoms with Gasteiger partial charge in [-0.15, -0.1) is 0 Å². The van der Waals surface area contributed by atoms with Crippen LogP contribution in [0.4, 0.5) is 4.79 Å². The molecule has 0 fully saturated rings. The third kappa shape index (κ3) is 15.0. The number of methoxy groups -OCH3 is 1. The molecule has 1 aliphatic rings. The molecule has 0 spiro atoms. The molecule has 3 aromatic carbocycles. The predicted octanol–water partition coefficient (Wildman–Crippen LogP) is 4.58. The number of fused-ring (bicyclic) bond motifs is 1. The Labute approximate surface area is 319 Å². The summed E-state index contributed by atoms with van der Waals surface area (Å²) in [7, 11) is 1.63. The van der Waals surface area contributed by atoms with Crippen LogP contribution >= 0.6 is 0 Å². The maximum atomic E-state index is 14.1. The van der Waals surface area contributed by atoms with Crippen molar-refractivity contribution < 1.29 is 48.2 Å². The van der Waals surface area contributed by atoms with Crippen LogP contribution in [0.5, 0.6) is 5.75 Å². The van der Waals surface area contributed by atoms with E-state index in [4.69, 9.17) is 28.4 Å². The molecule has 12 nitrogen and oxygen atoms in total. The molecule has 5 unspecified atom stereocenters. The minimum atomic E-state index is -1.10. The molecule has 5 atom stereocenters. The van der Waals surface area contributed by atoms with Gasteiger partial charge in [0.15, 0.2) is 0 Å². The van der Waals surface area contributed by atoms with Gasteiger partial charge in [-0.1, -0.05) is 66.7 Å². The third-order valence-electron chi connectivity index (χ3n) is 8.94. The summed E-state index contributed by atoms with van der Waals surface area (Å²) in [5.74, 6) is -0.341. The van der Waals surface area contributed by atoms with E-state index < -0.39 is 41.9 Å². The van der Waals surface area contributed by atoms with Crippen molar-refractivity contribution in [2.45, 2.75) is 76.3 Å². The minimum Gasteiger partial charge on any atom is -0.491 e. The van der Waals surface area contributed by atoms with Crippen LogP contribution in [0.2, 0.25) is 0 Å². The lowest BCUT2D eigenvalue weighted by atomic mass is 9.88. The molecular formula is C42H58N2O10. The molecule has 296 valence electrons. The molecule has 12 heteroatoms. The summed E-state index contributed by atoms with van der Waals surface area (Å²) in [6.07, 6.45) is -1.40. The highest BCUT2D eigenvalue weighted by molar-refractivity contribution is 5.80. The van der Waals surface area contributed by atoms with Crippen molar-refractivity contribution in [3.05, 3.63) is 101 Å². The fraction of sp³-hybridized carbons (Fsp3) is 0.524. The van der Waals surface area contributed by atoms with E-state index in [1.807, 2.05) is 78.9 Å². The van der Waals surface area contributed by atoms with Crippen molar-refractivity contribution in [3.63, 3.8) is 0 Å². The quantitative estimate of drug-likeness (QED) is 0.101. The van der Waals surface area contributed by atoms with Crippen LogP contribution in [0.15, 0.2) is 78.9 Å². The fourth-order valence-corrected chi connectivity index (χ4v) is 6.28. The number of hydrogen-bond donors (Lipinski definition) is 4. The second kappa shape index (κ2) is 22.4. The Morgan fingerprint density at radius 3 is 2.02 bits per heavy atom. The van der Waals surface area contributed by atoms with Crippen molar-refractivity contribution in [1.82, 2.24) is 10.6 Å². The van der Waals surface area contributed by atoms with Gasteiger partial charge in [-0.2, -0.15) is 0 Å². The van der Waals surface area contributed by atoms with Gasteiger partial charge in [-0.25, -0.2) is 4.79 Å². The van der Waals surface area contributed by atoms with E-state index in [1.165, 1.54) is 0 Å². The second-order valence-corrected chi connectivity index (χ2v) is 14.4. The number of carbonyl (C=O) groups excluding carboxylic acids is 2. The molecule has 4 N–H and O–H groups in total. The summed E-state index contributed by atoms with van der Waals surface area (Å²) < 4.78 is 32.7. The first kappa shape index (κ1) is 42.7. The molecule has 3 aromatic rings. The molecule has 0 radical (unpaired) electrons. The van der Waals surface area contributed by atoms with Gasteiger partial charge >= 0.3 is 6.09 Å². The number of aliphatic hydroxyl groups excluding tert-OH is 2. The summed E-state index contributed by atoms with van der Waals surface area (Å²) in [5, 5.41) is 28.6. The monoisotopic (exact) mass is 750 g/mol. The largest absolute Gasteiger partial charge is 0.491 e. The second-order valence-electron chi connectivity index (χ2n) is 14.4. The van der Waals surface area contributed by atoms with Crippen molar-refractivity contribution in [3.8, 4) is 5.75 Å². The average Bonchev–Trinajstić information content (AvgIpc) is 3.45. The highest BCUT2D eigenvalue weighted by Crippen LogP contribution is 2.32. The molecule has 4 rings (SSSR count). The van der Waals surface area contributed by atoms with Crippen molar-refractivity contribution in [2.24, 2.45) is 5.92 Å². The average molecular weight is 751 g/mol. The lowest BCUT2D eigenvalue weighted by Crippen LogP contribution is -2.48. The number of hydrogen-bond acceptors (Lipinski definition) is 10. The number of ether oxygens (including phenoxy) is 6. The van der Waals surface area contributed by atoms with E-state index in [0.717, 1.165) is 22.3 Å². The lowest BCUT2D eigenvalue weighted by Gasteiger charge is -2.29. The van der Waals surface area contributed by atoms with Crippen LogP contribution in [0, 0.1) is 5.92 Å². The zero-order valence-corrected chi connectivity index (χ0v) is 32.0. The minimum absolute atomic E-state index is 0.0454. The van der Waals surface area contributed by atoms with Gasteiger partial charge in [0.25, 0.3) is 0 Å². The number of aliphatic hydroxyl groups is 2. The first-order valence-electron chi connectivity index (χ1n) is 18.7. The maximum Gasteiger partial charge on any atom is 0.407 e. The Hall–Kier alpha value is -4.04. The van der Waals surface area contributed by atoms with Gasteiger partial charge in [0.2, 0.25) is 5.91 Å². The van der Waals surface area contributed by atoms with Gasteiger partial charge in [-0.05, 0) is 74.4 Å². The van der Waals surface area contributed by atoms with Gasteiger partial charge in [0, 0.05) is 19.4 Å². The number of benzene rings is 3. The molecule has 2 amide bonds. The van der Waals surface area contributed by atoms with Crippen LogP contribution in [-0.2, 0) is 47.7 Å². The van der Waals surface area contributed by atoms with Gasteiger partial charge < -0.3 is 49.3 Å². The van der Waals surface area contributed by atoms with E-state index in [0.29, 0.717) is 77.9 Å². The van der Waals surface area contributed by atoms with Crippen LogP contribution in [-0.4, -0.2) is 106 Å². The maximum absolute atomic E-state index is 14.1. The number of rotatable bonds is 23. The van der Waals surface area contributed by atoms with Crippen molar-refractivity contribution >= 4 is 12.0 Å². The van der Waals surface area contributed by atoms with E-state index in [9.17, 15) is 19.8 Å². The van der Waals surface area contributed by atoms with Crippen LogP contribution < -0.4 is 15.4 Å². The Kier molecular flexibility index (Phi) is 17.7. The summed E-state index contributed by atoms with van der Waals surface area (Å²) in [5.41, 5.74) is 2.92. The third-order valence-corrected chi connectivity index (χ3v) is 8.94. The summed E-state index contributed by atoms with van der Waals surface area (Å²) in [6, 6.07) is 23.4. The number of alkyl carbamates (subject to hydrolysis) is 1. The number of amides is 2. The Bertz CT molecular complexity index is 1530. The number of nitrogens with one attached hydrogen (secondary N) is 2. The normalized spacial score (nSPS) is 16.9. The summed E-state index contributed by atoms with van der Waals surface area (Å²) in [6.45, 7) is 9.08. The zero-order valence-electron chi connectivity index (χ0n) is 32.0. The van der Waals surface area contributed by atoms with E-state index >= 15 is 0 Å². The SMILES string of the molecule is COCCOCCOCCOCCOc1ccc(CC(CC(O)C(Cc2ccccc2)NC(=O)OC(C)(C)C)C(=O)NC2c3ccccc3CC2O)cc1. The zero-order chi connectivity index (χ0) is 38.8. The lowest BCUT2D eigenvalue weighted by molar-refractivity contribution is -0.127. The van der Waals surface area contributed by atoms with E-state index in [1.54, 1.807) is 27.9 Å².